The molecule has 0 saturated heterocycles. The van der Waals surface area contributed by atoms with Crippen LogP contribution in [0.3, 0.4) is 0 Å². The SMILES string of the molecule is CCCc1noc(COc2ccc([C@H](C)O)cc2OC)n1. The van der Waals surface area contributed by atoms with Gasteiger partial charge in [-0.25, -0.2) is 0 Å². The van der Waals surface area contributed by atoms with Crippen LogP contribution in [0.4, 0.5) is 0 Å². The summed E-state index contributed by atoms with van der Waals surface area (Å²) in [7, 11) is 1.56. The van der Waals surface area contributed by atoms with E-state index in [2.05, 4.69) is 17.1 Å². The first-order chi connectivity index (χ1) is 10.1. The zero-order valence-corrected chi connectivity index (χ0v) is 12.5. The third kappa shape index (κ3) is 3.95. The van der Waals surface area contributed by atoms with Crippen LogP contribution in [0.5, 0.6) is 11.5 Å². The number of benzene rings is 1. The molecule has 0 unspecified atom stereocenters. The molecule has 1 N–H and O–H groups in total. The maximum atomic E-state index is 9.57. The van der Waals surface area contributed by atoms with E-state index in [1.807, 2.05) is 0 Å². The maximum Gasteiger partial charge on any atom is 0.264 e. The van der Waals surface area contributed by atoms with Crippen LogP contribution >= 0.6 is 0 Å². The smallest absolute Gasteiger partial charge is 0.264 e. The molecule has 1 atom stereocenters. The molecule has 0 amide bonds. The molecule has 0 spiro atoms. The summed E-state index contributed by atoms with van der Waals surface area (Å²) in [6.07, 6.45) is 1.20. The number of rotatable bonds is 7. The van der Waals surface area contributed by atoms with Crippen molar-refractivity contribution in [2.45, 2.75) is 39.4 Å². The second kappa shape index (κ2) is 7.08. The first-order valence-electron chi connectivity index (χ1n) is 6.94. The Hall–Kier alpha value is -2.08. The van der Waals surface area contributed by atoms with E-state index < -0.39 is 6.10 Å². The number of hydrogen-bond donors (Lipinski definition) is 1. The third-order valence-corrected chi connectivity index (χ3v) is 3.00. The fourth-order valence-corrected chi connectivity index (χ4v) is 1.88. The van der Waals surface area contributed by atoms with Crippen LogP contribution in [0.2, 0.25) is 0 Å². The Morgan fingerprint density at radius 3 is 2.81 bits per heavy atom. The summed E-state index contributed by atoms with van der Waals surface area (Å²) < 4.78 is 16.0. The average molecular weight is 292 g/mol. The average Bonchev–Trinajstić information content (AvgIpc) is 2.93. The van der Waals surface area contributed by atoms with Gasteiger partial charge in [-0.3, -0.25) is 0 Å². The van der Waals surface area contributed by atoms with E-state index in [0.29, 0.717) is 23.2 Å². The zero-order valence-electron chi connectivity index (χ0n) is 12.5. The minimum absolute atomic E-state index is 0.182. The quantitative estimate of drug-likeness (QED) is 0.845. The van der Waals surface area contributed by atoms with E-state index >= 15 is 0 Å². The first kappa shape index (κ1) is 15.3. The van der Waals surface area contributed by atoms with E-state index in [9.17, 15) is 5.11 Å². The Bertz CT molecular complexity index is 581. The summed E-state index contributed by atoms with van der Waals surface area (Å²) >= 11 is 0. The van der Waals surface area contributed by atoms with Crippen LogP contribution in [0.1, 0.15) is 43.7 Å². The van der Waals surface area contributed by atoms with Crippen molar-refractivity contribution in [3.8, 4) is 11.5 Å². The number of nitrogens with zero attached hydrogens (tertiary/aromatic N) is 2. The van der Waals surface area contributed by atoms with E-state index in [1.165, 1.54) is 0 Å². The minimum atomic E-state index is -0.555. The summed E-state index contributed by atoms with van der Waals surface area (Å²) in [6.45, 7) is 3.94. The highest BCUT2D eigenvalue weighted by Crippen LogP contribution is 2.30. The molecular weight excluding hydrogens is 272 g/mol. The summed E-state index contributed by atoms with van der Waals surface area (Å²) in [5.74, 6) is 2.24. The van der Waals surface area contributed by atoms with Crippen molar-refractivity contribution in [3.63, 3.8) is 0 Å². The van der Waals surface area contributed by atoms with Gasteiger partial charge in [0.25, 0.3) is 5.89 Å². The highest BCUT2D eigenvalue weighted by Gasteiger charge is 2.11. The minimum Gasteiger partial charge on any atom is -0.493 e. The zero-order chi connectivity index (χ0) is 15.2. The Morgan fingerprint density at radius 1 is 1.33 bits per heavy atom. The number of aryl methyl sites for hydroxylation is 1. The van der Waals surface area contributed by atoms with Gasteiger partial charge in [-0.05, 0) is 31.0 Å². The lowest BCUT2D eigenvalue weighted by atomic mass is 10.1. The molecule has 1 heterocycles. The van der Waals surface area contributed by atoms with E-state index in [4.69, 9.17) is 14.0 Å². The van der Waals surface area contributed by atoms with Crippen LogP contribution in [-0.2, 0) is 13.0 Å². The molecule has 114 valence electrons. The van der Waals surface area contributed by atoms with Gasteiger partial charge >= 0.3 is 0 Å². The van der Waals surface area contributed by atoms with E-state index in [-0.39, 0.29) is 6.61 Å². The number of hydrogen-bond acceptors (Lipinski definition) is 6. The standard InChI is InChI=1S/C15H20N2O4/c1-4-5-14-16-15(21-17-14)9-20-12-7-6-11(10(2)18)8-13(12)19-3/h6-8,10,18H,4-5,9H2,1-3H3/t10-/m0/s1. The van der Waals surface area contributed by atoms with Crippen LogP contribution in [0.25, 0.3) is 0 Å². The molecule has 0 bridgehead atoms. The lowest BCUT2D eigenvalue weighted by molar-refractivity contribution is 0.198. The molecule has 0 aliphatic rings. The number of ether oxygens (including phenoxy) is 2. The van der Waals surface area contributed by atoms with Gasteiger partial charge in [0.2, 0.25) is 0 Å². The van der Waals surface area contributed by atoms with Crippen LogP contribution in [0, 0.1) is 0 Å². The molecule has 6 heteroatoms. The molecule has 0 aliphatic carbocycles. The molecular formula is C15H20N2O4. The monoisotopic (exact) mass is 292 g/mol. The highest BCUT2D eigenvalue weighted by molar-refractivity contribution is 5.43. The summed E-state index contributed by atoms with van der Waals surface area (Å²) in [5, 5.41) is 13.4. The maximum absolute atomic E-state index is 9.57. The number of aliphatic hydroxyl groups excluding tert-OH is 1. The van der Waals surface area contributed by atoms with E-state index in [0.717, 1.165) is 18.4 Å². The number of aromatic nitrogens is 2. The van der Waals surface area contributed by atoms with Gasteiger partial charge in [0.1, 0.15) is 0 Å². The molecule has 0 radical (unpaired) electrons. The van der Waals surface area contributed by atoms with Crippen LogP contribution in [0.15, 0.2) is 22.7 Å². The first-order valence-corrected chi connectivity index (χ1v) is 6.94. The van der Waals surface area contributed by atoms with Gasteiger partial charge in [0.05, 0.1) is 13.2 Å². The van der Waals surface area contributed by atoms with Gasteiger partial charge in [-0.1, -0.05) is 18.1 Å². The molecule has 0 fully saturated rings. The second-order valence-corrected chi connectivity index (χ2v) is 4.73. The van der Waals surface area contributed by atoms with Gasteiger partial charge < -0.3 is 19.1 Å². The van der Waals surface area contributed by atoms with Crippen molar-refractivity contribution in [1.29, 1.82) is 0 Å². The van der Waals surface area contributed by atoms with Crippen molar-refractivity contribution in [2.24, 2.45) is 0 Å². The summed E-state index contributed by atoms with van der Waals surface area (Å²) in [5.41, 5.74) is 0.766. The van der Waals surface area contributed by atoms with Crippen LogP contribution in [-0.4, -0.2) is 22.4 Å². The molecule has 0 saturated carbocycles. The molecule has 2 aromatic rings. The third-order valence-electron chi connectivity index (χ3n) is 3.00. The molecule has 1 aromatic carbocycles. The molecule has 0 aliphatic heterocycles. The fraction of sp³-hybridized carbons (Fsp3) is 0.467. The van der Waals surface area contributed by atoms with E-state index in [1.54, 1.807) is 32.2 Å². The molecule has 6 nitrogen and oxygen atoms in total. The Kier molecular flexibility index (Phi) is 5.16. The predicted molar refractivity (Wildman–Crippen MR) is 76.3 cm³/mol. The number of aliphatic hydroxyl groups is 1. The Morgan fingerprint density at radius 2 is 2.14 bits per heavy atom. The van der Waals surface area contributed by atoms with Crippen molar-refractivity contribution in [1.82, 2.24) is 10.1 Å². The van der Waals surface area contributed by atoms with Crippen LogP contribution < -0.4 is 9.47 Å². The topological polar surface area (TPSA) is 77.6 Å². The Labute approximate surface area is 123 Å². The number of methoxy groups -OCH3 is 1. The molecule has 1 aromatic heterocycles. The highest BCUT2D eigenvalue weighted by atomic mass is 16.5. The lowest BCUT2D eigenvalue weighted by Gasteiger charge is -2.12. The molecule has 21 heavy (non-hydrogen) atoms. The normalized spacial score (nSPS) is 12.2. The summed E-state index contributed by atoms with van der Waals surface area (Å²) in [6, 6.07) is 5.29. The van der Waals surface area contributed by atoms with Gasteiger partial charge in [0.15, 0.2) is 23.9 Å². The lowest BCUT2D eigenvalue weighted by Crippen LogP contribution is -2.00. The largest absolute Gasteiger partial charge is 0.493 e. The van der Waals surface area contributed by atoms with Gasteiger partial charge in [0, 0.05) is 6.42 Å². The van der Waals surface area contributed by atoms with Gasteiger partial charge in [-0.2, -0.15) is 4.98 Å². The van der Waals surface area contributed by atoms with Crippen molar-refractivity contribution in [3.05, 3.63) is 35.5 Å². The summed E-state index contributed by atoms with van der Waals surface area (Å²) in [4.78, 5) is 4.23. The van der Waals surface area contributed by atoms with Crippen molar-refractivity contribution in [2.75, 3.05) is 7.11 Å². The van der Waals surface area contributed by atoms with Crippen molar-refractivity contribution >= 4 is 0 Å². The fourth-order valence-electron chi connectivity index (χ4n) is 1.88. The van der Waals surface area contributed by atoms with Crippen molar-refractivity contribution < 1.29 is 19.1 Å². The Balaban J connectivity index is 2.04. The van der Waals surface area contributed by atoms with Gasteiger partial charge in [-0.15, -0.1) is 0 Å². The second-order valence-electron chi connectivity index (χ2n) is 4.73. The predicted octanol–water partition coefficient (Wildman–Crippen LogP) is 2.66. The molecule has 2 rings (SSSR count).